The zero-order chi connectivity index (χ0) is 15.0. The van der Waals surface area contributed by atoms with Gasteiger partial charge in [0.2, 0.25) is 5.91 Å². The van der Waals surface area contributed by atoms with E-state index in [0.717, 1.165) is 11.3 Å². The number of carbonyl (C=O) groups is 2. The Morgan fingerprint density at radius 3 is 2.67 bits per heavy atom. The standard InChI is InChI=1S/C16H11BrFNO2/c17-12-6-11(7-13(18)8-12)16(21)10-1-3-14-9(5-10)2-4-15(20)19-14/h1,3,5-8H,2,4H2,(H,19,20). The molecule has 0 bridgehead atoms. The fourth-order valence-corrected chi connectivity index (χ4v) is 2.84. The van der Waals surface area contributed by atoms with Crippen LogP contribution < -0.4 is 5.32 Å². The van der Waals surface area contributed by atoms with Crippen molar-refractivity contribution in [3.63, 3.8) is 0 Å². The van der Waals surface area contributed by atoms with Crippen LogP contribution >= 0.6 is 15.9 Å². The second-order valence-corrected chi connectivity index (χ2v) is 5.82. The molecule has 1 amide bonds. The van der Waals surface area contributed by atoms with Crippen molar-refractivity contribution in [2.75, 3.05) is 5.32 Å². The highest BCUT2D eigenvalue weighted by Crippen LogP contribution is 2.25. The molecule has 3 rings (SSSR count). The van der Waals surface area contributed by atoms with Crippen molar-refractivity contribution in [3.05, 3.63) is 63.4 Å². The number of ketones is 1. The van der Waals surface area contributed by atoms with E-state index in [0.29, 0.717) is 28.4 Å². The lowest BCUT2D eigenvalue weighted by Gasteiger charge is -2.17. The molecule has 1 heterocycles. The van der Waals surface area contributed by atoms with Crippen LogP contribution in [0.2, 0.25) is 0 Å². The zero-order valence-corrected chi connectivity index (χ0v) is 12.5. The van der Waals surface area contributed by atoms with E-state index in [-0.39, 0.29) is 11.7 Å². The first-order valence-corrected chi connectivity index (χ1v) is 7.26. The molecule has 106 valence electrons. The Balaban J connectivity index is 1.97. The lowest BCUT2D eigenvalue weighted by Crippen LogP contribution is -2.19. The first-order valence-electron chi connectivity index (χ1n) is 6.46. The van der Waals surface area contributed by atoms with E-state index >= 15 is 0 Å². The second-order valence-electron chi connectivity index (χ2n) is 4.91. The third kappa shape index (κ3) is 2.88. The quantitative estimate of drug-likeness (QED) is 0.842. The summed E-state index contributed by atoms with van der Waals surface area (Å²) in [7, 11) is 0. The molecule has 0 unspecified atom stereocenters. The van der Waals surface area contributed by atoms with Gasteiger partial charge in [-0.15, -0.1) is 0 Å². The summed E-state index contributed by atoms with van der Waals surface area (Å²) in [5.74, 6) is -0.719. The molecule has 1 N–H and O–H groups in total. The van der Waals surface area contributed by atoms with E-state index in [1.165, 1.54) is 12.1 Å². The highest BCUT2D eigenvalue weighted by Gasteiger charge is 2.18. The molecule has 1 aliphatic heterocycles. The summed E-state index contributed by atoms with van der Waals surface area (Å²) in [5.41, 5.74) is 2.45. The number of fused-ring (bicyclic) bond motifs is 1. The Morgan fingerprint density at radius 1 is 1.10 bits per heavy atom. The van der Waals surface area contributed by atoms with Crippen LogP contribution in [-0.2, 0) is 11.2 Å². The number of amides is 1. The van der Waals surface area contributed by atoms with Gasteiger partial charge in [-0.05, 0) is 48.4 Å². The fraction of sp³-hybridized carbons (Fsp3) is 0.125. The van der Waals surface area contributed by atoms with E-state index in [4.69, 9.17) is 0 Å². The Hall–Kier alpha value is -2.01. The van der Waals surface area contributed by atoms with Crippen molar-refractivity contribution >= 4 is 33.3 Å². The Morgan fingerprint density at radius 2 is 1.90 bits per heavy atom. The smallest absolute Gasteiger partial charge is 0.224 e. The molecule has 0 spiro atoms. The van der Waals surface area contributed by atoms with Crippen LogP contribution in [0.5, 0.6) is 0 Å². The van der Waals surface area contributed by atoms with Gasteiger partial charge in [0.15, 0.2) is 5.78 Å². The second kappa shape index (κ2) is 5.41. The molecule has 0 saturated heterocycles. The van der Waals surface area contributed by atoms with Crippen LogP contribution in [0.25, 0.3) is 0 Å². The average molecular weight is 348 g/mol. The summed E-state index contributed by atoms with van der Waals surface area (Å²) in [6.07, 6.45) is 1.02. The maximum Gasteiger partial charge on any atom is 0.224 e. The molecule has 0 atom stereocenters. The maximum atomic E-state index is 13.4. The molecule has 2 aromatic rings. The van der Waals surface area contributed by atoms with E-state index < -0.39 is 5.82 Å². The Labute approximate surface area is 129 Å². The van der Waals surface area contributed by atoms with Gasteiger partial charge in [-0.2, -0.15) is 0 Å². The highest BCUT2D eigenvalue weighted by atomic mass is 79.9. The number of carbonyl (C=O) groups excluding carboxylic acids is 2. The number of halogens is 2. The molecule has 2 aromatic carbocycles. The van der Waals surface area contributed by atoms with Crippen molar-refractivity contribution in [1.82, 2.24) is 0 Å². The summed E-state index contributed by atoms with van der Waals surface area (Å²) in [5, 5.41) is 2.77. The molecule has 3 nitrogen and oxygen atoms in total. The van der Waals surface area contributed by atoms with Crippen molar-refractivity contribution in [2.45, 2.75) is 12.8 Å². The summed E-state index contributed by atoms with van der Waals surface area (Å²) < 4.78 is 13.9. The summed E-state index contributed by atoms with van der Waals surface area (Å²) in [6.45, 7) is 0. The first kappa shape index (κ1) is 13.9. The lowest BCUT2D eigenvalue weighted by atomic mass is 9.96. The largest absolute Gasteiger partial charge is 0.326 e. The number of hydrogen-bond donors (Lipinski definition) is 1. The van der Waals surface area contributed by atoms with E-state index in [2.05, 4.69) is 21.2 Å². The summed E-state index contributed by atoms with van der Waals surface area (Å²) in [6, 6.07) is 9.23. The van der Waals surface area contributed by atoms with Gasteiger partial charge in [-0.1, -0.05) is 15.9 Å². The third-order valence-corrected chi connectivity index (χ3v) is 3.85. The first-order chi connectivity index (χ1) is 10.0. The average Bonchev–Trinajstić information content (AvgIpc) is 2.45. The predicted octanol–water partition coefficient (Wildman–Crippen LogP) is 3.70. The highest BCUT2D eigenvalue weighted by molar-refractivity contribution is 9.10. The minimum atomic E-state index is -0.460. The van der Waals surface area contributed by atoms with Gasteiger partial charge in [0.1, 0.15) is 5.82 Å². The normalized spacial score (nSPS) is 13.5. The van der Waals surface area contributed by atoms with Crippen molar-refractivity contribution in [3.8, 4) is 0 Å². The van der Waals surface area contributed by atoms with Crippen LogP contribution in [0, 0.1) is 5.82 Å². The summed E-state index contributed by atoms with van der Waals surface area (Å²) in [4.78, 5) is 23.7. The van der Waals surface area contributed by atoms with Crippen molar-refractivity contribution in [2.24, 2.45) is 0 Å². The number of aryl methyl sites for hydroxylation is 1. The molecule has 1 aliphatic rings. The van der Waals surface area contributed by atoms with Gasteiger partial charge in [-0.25, -0.2) is 4.39 Å². The van der Waals surface area contributed by atoms with Crippen LogP contribution in [0.3, 0.4) is 0 Å². The SMILES string of the molecule is O=C1CCc2cc(C(=O)c3cc(F)cc(Br)c3)ccc2N1. The topological polar surface area (TPSA) is 46.2 Å². The maximum absolute atomic E-state index is 13.4. The van der Waals surface area contributed by atoms with Crippen LogP contribution in [-0.4, -0.2) is 11.7 Å². The number of anilines is 1. The van der Waals surface area contributed by atoms with Crippen LogP contribution in [0.1, 0.15) is 27.9 Å². The predicted molar refractivity (Wildman–Crippen MR) is 80.9 cm³/mol. The minimum absolute atomic E-state index is 0.0179. The molecule has 0 radical (unpaired) electrons. The Kier molecular flexibility index (Phi) is 3.59. The van der Waals surface area contributed by atoms with Crippen molar-refractivity contribution in [1.29, 1.82) is 0 Å². The third-order valence-electron chi connectivity index (χ3n) is 3.39. The van der Waals surface area contributed by atoms with Crippen molar-refractivity contribution < 1.29 is 14.0 Å². The van der Waals surface area contributed by atoms with Gasteiger partial charge < -0.3 is 5.32 Å². The van der Waals surface area contributed by atoms with E-state index in [1.54, 1.807) is 24.3 Å². The zero-order valence-electron chi connectivity index (χ0n) is 11.0. The number of benzene rings is 2. The molecule has 0 aromatic heterocycles. The molecule has 0 saturated carbocycles. The van der Waals surface area contributed by atoms with Gasteiger partial charge in [0.05, 0.1) is 0 Å². The number of hydrogen-bond acceptors (Lipinski definition) is 2. The molecule has 0 fully saturated rings. The van der Waals surface area contributed by atoms with E-state index in [1.807, 2.05) is 0 Å². The monoisotopic (exact) mass is 347 g/mol. The molecular formula is C16H11BrFNO2. The lowest BCUT2D eigenvalue weighted by molar-refractivity contribution is -0.116. The minimum Gasteiger partial charge on any atom is -0.326 e. The molecule has 0 aliphatic carbocycles. The Bertz CT molecular complexity index is 738. The number of nitrogens with one attached hydrogen (secondary N) is 1. The van der Waals surface area contributed by atoms with Crippen LogP contribution in [0.15, 0.2) is 40.9 Å². The van der Waals surface area contributed by atoms with Gasteiger partial charge in [-0.3, -0.25) is 9.59 Å². The van der Waals surface area contributed by atoms with Gasteiger partial charge in [0.25, 0.3) is 0 Å². The summed E-state index contributed by atoms with van der Waals surface area (Å²) >= 11 is 3.18. The van der Waals surface area contributed by atoms with Crippen LogP contribution in [0.4, 0.5) is 10.1 Å². The molecule has 5 heteroatoms. The number of rotatable bonds is 2. The molecular weight excluding hydrogens is 337 g/mol. The van der Waals surface area contributed by atoms with Gasteiger partial charge in [0, 0.05) is 27.7 Å². The van der Waals surface area contributed by atoms with Gasteiger partial charge >= 0.3 is 0 Å². The van der Waals surface area contributed by atoms with E-state index in [9.17, 15) is 14.0 Å². The molecule has 21 heavy (non-hydrogen) atoms. The fourth-order valence-electron chi connectivity index (χ4n) is 2.38.